The summed E-state index contributed by atoms with van der Waals surface area (Å²) >= 11 is 0. The summed E-state index contributed by atoms with van der Waals surface area (Å²) in [6.45, 7) is 8.87. The third-order valence-electron chi connectivity index (χ3n) is 3.83. The predicted octanol–water partition coefficient (Wildman–Crippen LogP) is 4.92. The van der Waals surface area contributed by atoms with Crippen molar-refractivity contribution >= 4 is 0 Å². The van der Waals surface area contributed by atoms with Gasteiger partial charge in [0.05, 0.1) is 5.60 Å². The van der Waals surface area contributed by atoms with Gasteiger partial charge in [0.2, 0.25) is 0 Å². The molecule has 1 N–H and O–H groups in total. The molecule has 0 aliphatic rings. The molecule has 98 valence electrons. The minimum Gasteiger partial charge on any atom is -0.390 e. The zero-order valence-electron chi connectivity index (χ0n) is 11.9. The monoisotopic (exact) mass is 228 g/mol. The van der Waals surface area contributed by atoms with Crippen molar-refractivity contribution in [2.24, 2.45) is 5.92 Å². The van der Waals surface area contributed by atoms with Crippen LogP contribution in [0.2, 0.25) is 0 Å². The molecule has 0 fully saturated rings. The second-order valence-corrected chi connectivity index (χ2v) is 5.35. The Morgan fingerprint density at radius 2 is 1.31 bits per heavy atom. The number of rotatable bonds is 10. The average molecular weight is 228 g/mol. The normalized spacial score (nSPS) is 14.1. The lowest BCUT2D eigenvalue weighted by Crippen LogP contribution is -2.36. The molecule has 0 rings (SSSR count). The Bertz CT molecular complexity index is 146. The first-order chi connectivity index (χ1) is 7.60. The SMILES string of the molecule is CCCCC(C)C(O)(CCCC)CCCC. The fourth-order valence-corrected chi connectivity index (χ4v) is 2.36. The zero-order valence-corrected chi connectivity index (χ0v) is 11.9. The van der Waals surface area contributed by atoms with Gasteiger partial charge in [-0.2, -0.15) is 0 Å². The van der Waals surface area contributed by atoms with Crippen molar-refractivity contribution < 1.29 is 5.11 Å². The van der Waals surface area contributed by atoms with Gasteiger partial charge in [-0.15, -0.1) is 0 Å². The highest BCUT2D eigenvalue weighted by molar-refractivity contribution is 4.83. The molecule has 1 atom stereocenters. The van der Waals surface area contributed by atoms with Crippen LogP contribution in [0.5, 0.6) is 0 Å². The molecule has 0 aromatic carbocycles. The van der Waals surface area contributed by atoms with E-state index in [-0.39, 0.29) is 5.60 Å². The molecular weight excluding hydrogens is 196 g/mol. The van der Waals surface area contributed by atoms with E-state index >= 15 is 0 Å². The summed E-state index contributed by atoms with van der Waals surface area (Å²) in [4.78, 5) is 0. The average Bonchev–Trinajstić information content (AvgIpc) is 2.30. The lowest BCUT2D eigenvalue weighted by atomic mass is 9.78. The van der Waals surface area contributed by atoms with Gasteiger partial charge >= 0.3 is 0 Å². The van der Waals surface area contributed by atoms with Crippen LogP contribution in [0.3, 0.4) is 0 Å². The van der Waals surface area contributed by atoms with E-state index < -0.39 is 0 Å². The van der Waals surface area contributed by atoms with Crippen molar-refractivity contribution in [2.45, 2.75) is 91.1 Å². The molecule has 0 aromatic heterocycles. The van der Waals surface area contributed by atoms with Gasteiger partial charge < -0.3 is 5.11 Å². The smallest absolute Gasteiger partial charge is 0.0673 e. The van der Waals surface area contributed by atoms with E-state index in [2.05, 4.69) is 27.7 Å². The standard InChI is InChI=1S/C15H32O/c1-5-8-11-14(4)15(16,12-9-6-2)13-10-7-3/h14,16H,5-13H2,1-4H3. The third kappa shape index (κ3) is 5.89. The fourth-order valence-electron chi connectivity index (χ4n) is 2.36. The topological polar surface area (TPSA) is 20.2 Å². The molecule has 0 saturated carbocycles. The summed E-state index contributed by atoms with van der Waals surface area (Å²) in [7, 11) is 0. The van der Waals surface area contributed by atoms with Gasteiger partial charge in [0.1, 0.15) is 0 Å². The second kappa shape index (κ2) is 9.04. The van der Waals surface area contributed by atoms with E-state index in [9.17, 15) is 5.11 Å². The third-order valence-corrected chi connectivity index (χ3v) is 3.83. The van der Waals surface area contributed by atoms with Crippen molar-refractivity contribution in [1.29, 1.82) is 0 Å². The van der Waals surface area contributed by atoms with Gasteiger partial charge in [-0.3, -0.25) is 0 Å². The largest absolute Gasteiger partial charge is 0.390 e. The Morgan fingerprint density at radius 1 is 0.875 bits per heavy atom. The summed E-state index contributed by atoms with van der Waals surface area (Å²) in [6.07, 6.45) is 10.4. The maximum atomic E-state index is 10.8. The Kier molecular flexibility index (Phi) is 9.02. The van der Waals surface area contributed by atoms with Crippen LogP contribution in [-0.2, 0) is 0 Å². The molecule has 1 nitrogen and oxygen atoms in total. The van der Waals surface area contributed by atoms with E-state index in [1.165, 1.54) is 32.1 Å². The Morgan fingerprint density at radius 3 is 1.69 bits per heavy atom. The molecule has 0 aliphatic carbocycles. The second-order valence-electron chi connectivity index (χ2n) is 5.35. The minimum atomic E-state index is -0.388. The summed E-state index contributed by atoms with van der Waals surface area (Å²) in [5.41, 5.74) is -0.388. The van der Waals surface area contributed by atoms with Crippen LogP contribution < -0.4 is 0 Å². The lowest BCUT2D eigenvalue weighted by molar-refractivity contribution is -0.0342. The van der Waals surface area contributed by atoms with Crippen molar-refractivity contribution in [2.75, 3.05) is 0 Å². The molecule has 0 saturated heterocycles. The lowest BCUT2D eigenvalue weighted by Gasteiger charge is -2.34. The van der Waals surface area contributed by atoms with Gasteiger partial charge in [-0.05, 0) is 25.2 Å². The van der Waals surface area contributed by atoms with Crippen LogP contribution in [0.1, 0.15) is 85.5 Å². The molecule has 0 aromatic rings. The highest BCUT2D eigenvalue weighted by atomic mass is 16.3. The number of hydrogen-bond donors (Lipinski definition) is 1. The molecular formula is C15H32O. The van der Waals surface area contributed by atoms with E-state index in [4.69, 9.17) is 0 Å². The number of hydrogen-bond acceptors (Lipinski definition) is 1. The molecule has 0 amide bonds. The minimum absolute atomic E-state index is 0.388. The van der Waals surface area contributed by atoms with Crippen LogP contribution in [0, 0.1) is 5.92 Å². The summed E-state index contributed by atoms with van der Waals surface area (Å²) < 4.78 is 0. The molecule has 0 bridgehead atoms. The molecule has 0 aliphatic heterocycles. The first-order valence-corrected chi connectivity index (χ1v) is 7.33. The Labute approximate surface area is 103 Å². The highest BCUT2D eigenvalue weighted by Gasteiger charge is 2.31. The maximum absolute atomic E-state index is 10.8. The quantitative estimate of drug-likeness (QED) is 0.562. The van der Waals surface area contributed by atoms with Gasteiger partial charge in [0.15, 0.2) is 0 Å². The molecule has 0 spiro atoms. The summed E-state index contributed by atoms with van der Waals surface area (Å²) in [5, 5.41) is 10.8. The van der Waals surface area contributed by atoms with Crippen molar-refractivity contribution in [3.05, 3.63) is 0 Å². The molecule has 0 heterocycles. The van der Waals surface area contributed by atoms with Crippen molar-refractivity contribution in [3.63, 3.8) is 0 Å². The summed E-state index contributed by atoms with van der Waals surface area (Å²) in [6, 6.07) is 0. The van der Waals surface area contributed by atoms with Gasteiger partial charge in [0, 0.05) is 0 Å². The van der Waals surface area contributed by atoms with Gasteiger partial charge in [0.25, 0.3) is 0 Å². The van der Waals surface area contributed by atoms with Crippen LogP contribution in [0.4, 0.5) is 0 Å². The van der Waals surface area contributed by atoms with E-state index in [1.807, 2.05) is 0 Å². The Balaban J connectivity index is 4.24. The van der Waals surface area contributed by atoms with E-state index in [1.54, 1.807) is 0 Å². The maximum Gasteiger partial charge on any atom is 0.0673 e. The van der Waals surface area contributed by atoms with Crippen LogP contribution >= 0.6 is 0 Å². The first kappa shape index (κ1) is 16.0. The molecule has 0 radical (unpaired) electrons. The Hall–Kier alpha value is -0.0400. The van der Waals surface area contributed by atoms with Gasteiger partial charge in [-0.1, -0.05) is 66.2 Å². The first-order valence-electron chi connectivity index (χ1n) is 7.33. The van der Waals surface area contributed by atoms with E-state index in [0.717, 1.165) is 25.7 Å². The predicted molar refractivity (Wildman–Crippen MR) is 72.7 cm³/mol. The van der Waals surface area contributed by atoms with Crippen LogP contribution in [0.25, 0.3) is 0 Å². The van der Waals surface area contributed by atoms with E-state index in [0.29, 0.717) is 5.92 Å². The van der Waals surface area contributed by atoms with Gasteiger partial charge in [-0.25, -0.2) is 0 Å². The van der Waals surface area contributed by atoms with Crippen LogP contribution in [0.15, 0.2) is 0 Å². The molecule has 16 heavy (non-hydrogen) atoms. The van der Waals surface area contributed by atoms with Crippen molar-refractivity contribution in [1.82, 2.24) is 0 Å². The van der Waals surface area contributed by atoms with Crippen molar-refractivity contribution in [3.8, 4) is 0 Å². The fraction of sp³-hybridized carbons (Fsp3) is 1.00. The summed E-state index contributed by atoms with van der Waals surface area (Å²) in [5.74, 6) is 0.463. The zero-order chi connectivity index (χ0) is 12.4. The van der Waals surface area contributed by atoms with Crippen LogP contribution in [-0.4, -0.2) is 10.7 Å². The number of aliphatic hydroxyl groups is 1. The highest BCUT2D eigenvalue weighted by Crippen LogP contribution is 2.32. The molecule has 1 unspecified atom stereocenters. The number of unbranched alkanes of at least 4 members (excludes halogenated alkanes) is 3. The molecule has 1 heteroatoms.